The van der Waals surface area contributed by atoms with Gasteiger partial charge in [-0.15, -0.1) is 0 Å². The molecule has 0 saturated carbocycles. The molecule has 0 saturated heterocycles. The lowest BCUT2D eigenvalue weighted by molar-refractivity contribution is 0.251. The molecule has 5 nitrogen and oxygen atoms in total. The van der Waals surface area contributed by atoms with Crippen LogP contribution in [0.5, 0.6) is 0 Å². The molecule has 34 heavy (non-hydrogen) atoms. The van der Waals surface area contributed by atoms with Gasteiger partial charge in [-0.1, -0.05) is 60.7 Å². The van der Waals surface area contributed by atoms with Gasteiger partial charge in [-0.25, -0.2) is 4.79 Å². The Bertz CT molecular complexity index is 1400. The van der Waals surface area contributed by atoms with Crippen LogP contribution in [0.25, 0.3) is 22.0 Å². The number of rotatable bonds is 7. The number of aromatic amines is 1. The van der Waals surface area contributed by atoms with E-state index >= 15 is 0 Å². The normalized spacial score (nSPS) is 10.7. The van der Waals surface area contributed by atoms with Gasteiger partial charge in [0, 0.05) is 34.5 Å². The van der Waals surface area contributed by atoms with E-state index in [2.05, 4.69) is 50.7 Å². The largest absolute Gasteiger partial charge is 0.361 e. The second-order valence-corrected chi connectivity index (χ2v) is 8.70. The van der Waals surface area contributed by atoms with Crippen LogP contribution in [0.4, 0.5) is 16.2 Å². The van der Waals surface area contributed by atoms with E-state index in [-0.39, 0.29) is 6.03 Å². The van der Waals surface area contributed by atoms with Crippen molar-refractivity contribution >= 4 is 40.3 Å². The van der Waals surface area contributed by atoms with Crippen LogP contribution < -0.4 is 15.4 Å². The lowest BCUT2D eigenvalue weighted by atomic mass is 10.1. The smallest absolute Gasteiger partial charge is 0.319 e. The number of carbonyl (C=O) groups excluding carboxylic acids is 1. The molecule has 0 atom stereocenters. The van der Waals surface area contributed by atoms with Crippen molar-refractivity contribution in [3.8, 4) is 11.1 Å². The summed E-state index contributed by atoms with van der Waals surface area (Å²) < 4.78 is 3.40. The molecule has 0 aliphatic carbocycles. The molecule has 6 heteroatoms. The van der Waals surface area contributed by atoms with Crippen LogP contribution in [0.3, 0.4) is 0 Å². The lowest BCUT2D eigenvalue weighted by Gasteiger charge is -2.12. The van der Waals surface area contributed by atoms with Crippen molar-refractivity contribution in [3.63, 3.8) is 0 Å². The van der Waals surface area contributed by atoms with Gasteiger partial charge < -0.3 is 20.3 Å². The van der Waals surface area contributed by atoms with E-state index in [1.165, 1.54) is 11.1 Å². The maximum Gasteiger partial charge on any atom is 0.319 e. The topological polar surface area (TPSA) is 69.0 Å². The summed E-state index contributed by atoms with van der Waals surface area (Å²) in [6, 6.07) is 34.2. The zero-order valence-electron chi connectivity index (χ0n) is 18.4. The number of anilines is 2. The molecule has 0 aliphatic heterocycles. The highest BCUT2D eigenvalue weighted by molar-refractivity contribution is 8.00. The molecule has 0 aliphatic rings. The Hall–Kier alpha value is -4.16. The van der Waals surface area contributed by atoms with Crippen molar-refractivity contribution in [2.24, 2.45) is 0 Å². The van der Waals surface area contributed by atoms with Crippen molar-refractivity contribution < 1.29 is 4.79 Å². The van der Waals surface area contributed by atoms with Crippen molar-refractivity contribution in [2.75, 3.05) is 10.0 Å². The average molecular weight is 465 g/mol. The molecule has 0 unspecified atom stereocenters. The number of fused-ring (bicyclic) bond motifs is 1. The van der Waals surface area contributed by atoms with Crippen molar-refractivity contribution in [2.45, 2.75) is 11.4 Å². The first kappa shape index (κ1) is 21.7. The molecule has 168 valence electrons. The van der Waals surface area contributed by atoms with E-state index < -0.39 is 0 Å². The highest BCUT2D eigenvalue weighted by Crippen LogP contribution is 2.32. The van der Waals surface area contributed by atoms with E-state index in [1.54, 1.807) is 11.9 Å². The summed E-state index contributed by atoms with van der Waals surface area (Å²) in [5.41, 5.74) is 6.16. The molecule has 4 aromatic carbocycles. The van der Waals surface area contributed by atoms with Crippen molar-refractivity contribution in [1.82, 2.24) is 10.3 Å². The number of aromatic nitrogens is 1. The number of urea groups is 1. The number of nitrogens with one attached hydrogen (secondary N) is 4. The van der Waals surface area contributed by atoms with Gasteiger partial charge in [-0.2, -0.15) is 0 Å². The molecule has 1 heterocycles. The van der Waals surface area contributed by atoms with Crippen LogP contribution in [-0.4, -0.2) is 11.0 Å². The summed E-state index contributed by atoms with van der Waals surface area (Å²) in [6.07, 6.45) is 1.91. The van der Waals surface area contributed by atoms with Crippen LogP contribution in [0.1, 0.15) is 5.56 Å². The molecular formula is C28H24N4OS. The monoisotopic (exact) mass is 464 g/mol. The molecule has 0 fully saturated rings. The van der Waals surface area contributed by atoms with Gasteiger partial charge in [-0.05, 0) is 76.5 Å². The molecule has 0 radical (unpaired) electrons. The van der Waals surface area contributed by atoms with E-state index in [0.717, 1.165) is 32.7 Å². The number of hydrogen-bond acceptors (Lipinski definition) is 3. The molecule has 1 aromatic heterocycles. The molecule has 0 spiro atoms. The van der Waals surface area contributed by atoms with Gasteiger partial charge in [0.1, 0.15) is 0 Å². The van der Waals surface area contributed by atoms with Crippen molar-refractivity contribution in [1.29, 1.82) is 0 Å². The van der Waals surface area contributed by atoms with E-state index in [1.807, 2.05) is 79.0 Å². The van der Waals surface area contributed by atoms with Crippen molar-refractivity contribution in [3.05, 3.63) is 115 Å². The summed E-state index contributed by atoms with van der Waals surface area (Å²) in [5, 5.41) is 6.94. The van der Waals surface area contributed by atoms with Gasteiger partial charge >= 0.3 is 6.03 Å². The summed E-state index contributed by atoms with van der Waals surface area (Å²) in [4.78, 5) is 16.7. The maximum absolute atomic E-state index is 12.3. The summed E-state index contributed by atoms with van der Waals surface area (Å²) >= 11 is 1.57. The number of benzene rings is 4. The quantitative estimate of drug-likeness (QED) is 0.191. The molecule has 0 bridgehead atoms. The first-order chi connectivity index (χ1) is 16.7. The zero-order valence-corrected chi connectivity index (χ0v) is 19.2. The fourth-order valence-electron chi connectivity index (χ4n) is 3.71. The summed E-state index contributed by atoms with van der Waals surface area (Å²) in [5.74, 6) is 0. The van der Waals surface area contributed by atoms with Gasteiger partial charge in [0.05, 0.1) is 0 Å². The van der Waals surface area contributed by atoms with Crippen LogP contribution in [0.15, 0.2) is 114 Å². The van der Waals surface area contributed by atoms with Gasteiger partial charge in [0.2, 0.25) is 0 Å². The summed E-state index contributed by atoms with van der Waals surface area (Å²) in [6.45, 7) is 0.456. The minimum Gasteiger partial charge on any atom is -0.361 e. The van der Waals surface area contributed by atoms with Crippen LogP contribution in [-0.2, 0) is 6.54 Å². The first-order valence-corrected chi connectivity index (χ1v) is 11.8. The second kappa shape index (κ2) is 10.2. The van der Waals surface area contributed by atoms with Crippen LogP contribution in [0.2, 0.25) is 0 Å². The van der Waals surface area contributed by atoms with Gasteiger partial charge in [-0.3, -0.25) is 0 Å². The minimum absolute atomic E-state index is 0.238. The Balaban J connectivity index is 1.15. The molecule has 5 rings (SSSR count). The van der Waals surface area contributed by atoms with E-state index in [9.17, 15) is 4.79 Å². The Kier molecular flexibility index (Phi) is 6.49. The number of H-pyrrole nitrogens is 1. The molecule has 4 N–H and O–H groups in total. The Labute approximate surface area is 202 Å². The SMILES string of the molecule is O=C(NCc1ccc2cc[nH]c2c1)Nc1ccc(NSc2ccccc2-c2ccccc2)cc1. The Morgan fingerprint density at radius 2 is 1.56 bits per heavy atom. The molecular weight excluding hydrogens is 440 g/mol. The minimum atomic E-state index is -0.238. The fraction of sp³-hybridized carbons (Fsp3) is 0.0357. The van der Waals surface area contributed by atoms with Crippen LogP contribution >= 0.6 is 11.9 Å². The third kappa shape index (κ3) is 5.24. The lowest BCUT2D eigenvalue weighted by Crippen LogP contribution is -2.28. The zero-order chi connectivity index (χ0) is 23.2. The Morgan fingerprint density at radius 1 is 0.794 bits per heavy atom. The average Bonchev–Trinajstić information content (AvgIpc) is 3.36. The second-order valence-electron chi connectivity index (χ2n) is 7.85. The van der Waals surface area contributed by atoms with Gasteiger partial charge in [0.25, 0.3) is 0 Å². The first-order valence-electron chi connectivity index (χ1n) is 11.0. The molecule has 2 amide bonds. The maximum atomic E-state index is 12.3. The van der Waals surface area contributed by atoms with E-state index in [0.29, 0.717) is 6.54 Å². The number of amides is 2. The highest BCUT2D eigenvalue weighted by atomic mass is 32.2. The number of carbonyl (C=O) groups is 1. The summed E-state index contributed by atoms with van der Waals surface area (Å²) in [7, 11) is 0. The predicted molar refractivity (Wildman–Crippen MR) is 142 cm³/mol. The molecule has 5 aromatic rings. The number of hydrogen-bond donors (Lipinski definition) is 4. The predicted octanol–water partition coefficient (Wildman–Crippen LogP) is 7.28. The standard InChI is InChI=1S/C28H24N4OS/c33-28(30-19-20-10-11-22-16-17-29-26(22)18-20)31-23-12-14-24(15-13-23)32-34-27-9-5-4-8-25(27)21-6-2-1-3-7-21/h1-18,29,32H,19H2,(H2,30,31,33). The fourth-order valence-corrected chi connectivity index (χ4v) is 4.52. The van der Waals surface area contributed by atoms with E-state index in [4.69, 9.17) is 0 Å². The third-order valence-electron chi connectivity index (χ3n) is 5.47. The highest BCUT2D eigenvalue weighted by Gasteiger charge is 2.06. The van der Waals surface area contributed by atoms with Gasteiger partial charge in [0.15, 0.2) is 0 Å². The third-order valence-corrected chi connectivity index (χ3v) is 6.38. The Morgan fingerprint density at radius 3 is 2.41 bits per heavy atom. The van der Waals surface area contributed by atoms with Crippen LogP contribution in [0, 0.1) is 0 Å².